The van der Waals surface area contributed by atoms with Crippen molar-refractivity contribution in [3.05, 3.63) is 40.9 Å². The van der Waals surface area contributed by atoms with Gasteiger partial charge in [-0.05, 0) is 0 Å². The zero-order chi connectivity index (χ0) is 8.81. The van der Waals surface area contributed by atoms with Crippen LogP contribution < -0.4 is 4.46 Å². The number of allylic oxidation sites excluding steroid dienone is 2. The Balaban J connectivity index is 2.72. The summed E-state index contributed by atoms with van der Waals surface area (Å²) in [5.74, 6) is 0. The Morgan fingerprint density at radius 1 is 1.42 bits per heavy atom. The van der Waals surface area contributed by atoms with Crippen LogP contribution in [0.3, 0.4) is 0 Å². The third kappa shape index (κ3) is 2.54. The number of nitriles is 1. The Hall–Kier alpha value is -1.03. The molecule has 0 fully saturated rings. The van der Waals surface area contributed by atoms with E-state index in [1.54, 1.807) is 0 Å². The molecule has 0 bridgehead atoms. The van der Waals surface area contributed by atoms with Crippen molar-refractivity contribution in [3.63, 3.8) is 0 Å². The average molecular weight is 222 g/mol. The van der Waals surface area contributed by atoms with E-state index in [9.17, 15) is 0 Å². The van der Waals surface area contributed by atoms with Crippen molar-refractivity contribution in [2.24, 2.45) is 0 Å². The Morgan fingerprint density at radius 3 is 2.58 bits per heavy atom. The molecule has 0 saturated heterocycles. The van der Waals surface area contributed by atoms with Crippen LogP contribution in [0, 0.1) is 11.3 Å². The maximum atomic E-state index is 8.68. The second kappa shape index (κ2) is 4.77. The van der Waals surface area contributed by atoms with Crippen LogP contribution >= 0.6 is 0 Å². The first-order valence-electron chi connectivity index (χ1n) is 3.66. The van der Waals surface area contributed by atoms with Crippen molar-refractivity contribution >= 4 is 19.4 Å². The molecule has 0 heterocycles. The van der Waals surface area contributed by atoms with Gasteiger partial charge in [-0.15, -0.1) is 0 Å². The van der Waals surface area contributed by atoms with Gasteiger partial charge in [-0.25, -0.2) is 0 Å². The molecule has 0 aromatic heterocycles. The molecule has 1 rings (SSSR count). The van der Waals surface area contributed by atoms with E-state index in [4.69, 9.17) is 5.26 Å². The van der Waals surface area contributed by atoms with Crippen molar-refractivity contribution in [2.75, 3.05) is 0 Å². The van der Waals surface area contributed by atoms with Gasteiger partial charge < -0.3 is 0 Å². The molecule has 1 aromatic rings. The summed E-state index contributed by atoms with van der Waals surface area (Å²) in [4.78, 5) is 0. The number of nitrogens with zero attached hydrogens (tertiary/aromatic N) is 1. The van der Waals surface area contributed by atoms with Gasteiger partial charge in [-0.3, -0.25) is 0 Å². The van der Waals surface area contributed by atoms with Gasteiger partial charge in [0.1, 0.15) is 0 Å². The van der Waals surface area contributed by atoms with Crippen molar-refractivity contribution in [3.8, 4) is 6.07 Å². The molecule has 0 atom stereocenters. The molecular formula is C10H9NSe. The summed E-state index contributed by atoms with van der Waals surface area (Å²) in [5.41, 5.74) is 0. The van der Waals surface area contributed by atoms with Gasteiger partial charge in [-0.2, -0.15) is 0 Å². The summed E-state index contributed by atoms with van der Waals surface area (Å²) in [7, 11) is 0. The molecule has 2 heteroatoms. The first-order chi connectivity index (χ1) is 5.86. The Morgan fingerprint density at radius 2 is 2.08 bits per heavy atom. The van der Waals surface area contributed by atoms with Crippen LogP contribution in [0.5, 0.6) is 0 Å². The molecule has 0 saturated carbocycles. The predicted molar refractivity (Wildman–Crippen MR) is 51.2 cm³/mol. The van der Waals surface area contributed by atoms with E-state index in [1.807, 2.05) is 31.2 Å². The van der Waals surface area contributed by atoms with Crippen LogP contribution in [0.4, 0.5) is 0 Å². The van der Waals surface area contributed by atoms with Crippen LogP contribution in [0.1, 0.15) is 6.92 Å². The normalized spacial score (nSPS) is 10.8. The molecule has 1 aromatic carbocycles. The topological polar surface area (TPSA) is 23.8 Å². The zero-order valence-electron chi connectivity index (χ0n) is 6.82. The van der Waals surface area contributed by atoms with Crippen LogP contribution in [-0.2, 0) is 0 Å². The number of benzene rings is 1. The molecule has 12 heavy (non-hydrogen) atoms. The molecule has 0 N–H and O–H groups in total. The fourth-order valence-electron chi connectivity index (χ4n) is 0.762. The average Bonchev–Trinajstić information content (AvgIpc) is 2.16. The molecule has 0 aliphatic rings. The Bertz CT molecular complexity index is 308. The van der Waals surface area contributed by atoms with Crippen LogP contribution in [-0.4, -0.2) is 15.0 Å². The molecule has 0 spiro atoms. The minimum atomic E-state index is 0.185. The Labute approximate surface area is 78.9 Å². The minimum absolute atomic E-state index is 0.185. The van der Waals surface area contributed by atoms with Gasteiger partial charge in [0.15, 0.2) is 0 Å². The van der Waals surface area contributed by atoms with E-state index in [1.165, 1.54) is 4.46 Å². The summed E-state index contributed by atoms with van der Waals surface area (Å²) in [6, 6.07) is 12.3. The van der Waals surface area contributed by atoms with E-state index in [-0.39, 0.29) is 15.0 Å². The second-order valence-corrected chi connectivity index (χ2v) is 4.52. The standard InChI is InChI=1S/C10H9NSe/c1-2-9(8-11)12-10-6-4-3-5-7-10/h2-7H,1H3/b9-2+. The SMILES string of the molecule is C/C=C(\C#N)[Se]c1ccccc1. The van der Waals surface area contributed by atoms with Gasteiger partial charge in [-0.1, -0.05) is 0 Å². The first-order valence-corrected chi connectivity index (χ1v) is 5.37. The van der Waals surface area contributed by atoms with Gasteiger partial charge in [0.25, 0.3) is 0 Å². The molecular weight excluding hydrogens is 213 g/mol. The van der Waals surface area contributed by atoms with E-state index in [0.29, 0.717) is 0 Å². The van der Waals surface area contributed by atoms with Crippen LogP contribution in [0.2, 0.25) is 0 Å². The summed E-state index contributed by atoms with van der Waals surface area (Å²) in [6.07, 6.45) is 1.88. The van der Waals surface area contributed by atoms with Crippen molar-refractivity contribution in [1.29, 1.82) is 5.26 Å². The fourth-order valence-corrected chi connectivity index (χ4v) is 2.25. The number of hydrogen-bond acceptors (Lipinski definition) is 1. The van der Waals surface area contributed by atoms with E-state index < -0.39 is 0 Å². The predicted octanol–water partition coefficient (Wildman–Crippen LogP) is 1.44. The molecule has 0 aliphatic heterocycles. The fraction of sp³-hybridized carbons (Fsp3) is 0.100. The summed E-state index contributed by atoms with van der Waals surface area (Å²) < 4.78 is 2.13. The van der Waals surface area contributed by atoms with Gasteiger partial charge >= 0.3 is 78.6 Å². The van der Waals surface area contributed by atoms with E-state index in [0.717, 1.165) is 4.47 Å². The summed E-state index contributed by atoms with van der Waals surface area (Å²) >= 11 is 0.185. The monoisotopic (exact) mass is 223 g/mol. The third-order valence-electron chi connectivity index (χ3n) is 1.34. The molecule has 0 unspecified atom stereocenters. The quantitative estimate of drug-likeness (QED) is 0.548. The second-order valence-electron chi connectivity index (χ2n) is 2.18. The maximum absolute atomic E-state index is 8.68. The summed E-state index contributed by atoms with van der Waals surface area (Å²) in [5, 5.41) is 8.68. The molecule has 0 radical (unpaired) electrons. The van der Waals surface area contributed by atoms with Gasteiger partial charge in [0.05, 0.1) is 0 Å². The molecule has 0 aliphatic carbocycles. The van der Waals surface area contributed by atoms with Crippen molar-refractivity contribution in [2.45, 2.75) is 6.92 Å². The molecule has 0 amide bonds. The van der Waals surface area contributed by atoms with Crippen LogP contribution in [0.25, 0.3) is 0 Å². The van der Waals surface area contributed by atoms with E-state index in [2.05, 4.69) is 18.2 Å². The van der Waals surface area contributed by atoms with E-state index >= 15 is 0 Å². The summed E-state index contributed by atoms with van der Waals surface area (Å²) in [6.45, 7) is 1.91. The third-order valence-corrected chi connectivity index (χ3v) is 3.56. The zero-order valence-corrected chi connectivity index (χ0v) is 8.53. The van der Waals surface area contributed by atoms with Crippen LogP contribution in [0.15, 0.2) is 40.9 Å². The van der Waals surface area contributed by atoms with Gasteiger partial charge in [0.2, 0.25) is 0 Å². The van der Waals surface area contributed by atoms with Crippen molar-refractivity contribution < 1.29 is 0 Å². The van der Waals surface area contributed by atoms with Gasteiger partial charge in [0, 0.05) is 0 Å². The number of hydrogen-bond donors (Lipinski definition) is 0. The molecule has 1 nitrogen and oxygen atoms in total. The molecule has 60 valence electrons. The Kier molecular flexibility index (Phi) is 3.60. The van der Waals surface area contributed by atoms with Crippen molar-refractivity contribution in [1.82, 2.24) is 0 Å². The first kappa shape index (κ1) is 9.06. The number of rotatable bonds is 2.